The van der Waals surface area contributed by atoms with Crippen LogP contribution in [0.4, 0.5) is 0 Å². The molecule has 0 unspecified atom stereocenters. The van der Waals surface area contributed by atoms with Gasteiger partial charge in [-0.1, -0.05) is 164 Å². The van der Waals surface area contributed by atoms with E-state index >= 15 is 0 Å². The molecule has 0 atom stereocenters. The van der Waals surface area contributed by atoms with Crippen LogP contribution in [0.15, 0.2) is 176 Å². The van der Waals surface area contributed by atoms with Crippen molar-refractivity contribution in [3.63, 3.8) is 0 Å². The van der Waals surface area contributed by atoms with Gasteiger partial charge < -0.3 is 0 Å². The quantitative estimate of drug-likeness (QED) is 0.182. The minimum Gasteiger partial charge on any atom is -0.247 e. The average molecular weight is 612 g/mol. The molecular weight excluding hydrogens is 583 g/mol. The molecule has 0 spiro atoms. The van der Waals surface area contributed by atoms with Crippen LogP contribution in [0, 0.1) is 0 Å². The summed E-state index contributed by atoms with van der Waals surface area (Å²) < 4.78 is 0. The molecule has 2 aromatic heterocycles. The van der Waals surface area contributed by atoms with E-state index in [1.54, 1.807) is 0 Å². The Bertz CT molecular complexity index is 2560. The van der Waals surface area contributed by atoms with E-state index in [1.807, 2.05) is 24.3 Å². The van der Waals surface area contributed by atoms with Crippen molar-refractivity contribution in [2.24, 2.45) is 0 Å². The summed E-state index contributed by atoms with van der Waals surface area (Å²) in [6, 6.07) is 61.4. The third kappa shape index (κ3) is 4.99. The number of benzene rings is 7. The predicted octanol–water partition coefficient (Wildman–Crippen LogP) is 11.7. The Labute approximate surface area is 278 Å². The van der Waals surface area contributed by atoms with Crippen molar-refractivity contribution in [1.82, 2.24) is 15.0 Å². The second-order valence-corrected chi connectivity index (χ2v) is 12.0. The predicted molar refractivity (Wildman–Crippen MR) is 200 cm³/mol. The van der Waals surface area contributed by atoms with Gasteiger partial charge in [-0.15, -0.1) is 0 Å². The maximum absolute atomic E-state index is 5.19. The highest BCUT2D eigenvalue weighted by atomic mass is 14.9. The number of aromatic nitrogens is 3. The normalized spacial score (nSPS) is 11.3. The Balaban J connectivity index is 1.15. The van der Waals surface area contributed by atoms with Gasteiger partial charge >= 0.3 is 0 Å². The number of para-hydroxylation sites is 1. The van der Waals surface area contributed by atoms with E-state index in [0.717, 1.165) is 50.2 Å². The van der Waals surface area contributed by atoms with Gasteiger partial charge in [-0.3, -0.25) is 0 Å². The molecule has 3 nitrogen and oxygen atoms in total. The zero-order valence-electron chi connectivity index (χ0n) is 26.1. The molecule has 48 heavy (non-hydrogen) atoms. The second kappa shape index (κ2) is 11.7. The summed E-state index contributed by atoms with van der Waals surface area (Å²) in [5.74, 6) is 0.687. The number of hydrogen-bond acceptors (Lipinski definition) is 3. The highest BCUT2D eigenvalue weighted by molar-refractivity contribution is 6.22. The van der Waals surface area contributed by atoms with Gasteiger partial charge in [0, 0.05) is 38.4 Å². The molecule has 0 saturated carbocycles. The molecule has 0 N–H and O–H groups in total. The monoisotopic (exact) mass is 611 g/mol. The first-order chi connectivity index (χ1) is 23.8. The van der Waals surface area contributed by atoms with E-state index in [9.17, 15) is 0 Å². The van der Waals surface area contributed by atoms with Crippen LogP contribution in [0.2, 0.25) is 0 Å². The van der Waals surface area contributed by atoms with E-state index in [1.165, 1.54) is 32.7 Å². The maximum Gasteiger partial charge on any atom is 0.160 e. The number of hydrogen-bond donors (Lipinski definition) is 0. The SMILES string of the molecule is c1ccc(-c2ccc(-c3cc(-c4ccccc4)nc(-c4ccc(-c5nc6ccccc6c6c5ccc5ccccc56)cc4)n3)cc2)cc1. The molecular formula is C45H29N3. The van der Waals surface area contributed by atoms with E-state index in [0.29, 0.717) is 5.82 Å². The van der Waals surface area contributed by atoms with Gasteiger partial charge in [0.25, 0.3) is 0 Å². The van der Waals surface area contributed by atoms with Crippen LogP contribution < -0.4 is 0 Å². The molecule has 2 heterocycles. The molecule has 7 aromatic carbocycles. The van der Waals surface area contributed by atoms with E-state index in [-0.39, 0.29) is 0 Å². The van der Waals surface area contributed by atoms with Crippen LogP contribution in [-0.2, 0) is 0 Å². The van der Waals surface area contributed by atoms with Gasteiger partial charge in [0.05, 0.1) is 22.6 Å². The Morgan fingerprint density at radius 2 is 0.833 bits per heavy atom. The van der Waals surface area contributed by atoms with Crippen molar-refractivity contribution < 1.29 is 0 Å². The van der Waals surface area contributed by atoms with Gasteiger partial charge in [0.15, 0.2) is 5.82 Å². The molecule has 9 aromatic rings. The Morgan fingerprint density at radius 3 is 1.56 bits per heavy atom. The average Bonchev–Trinajstić information content (AvgIpc) is 3.18. The van der Waals surface area contributed by atoms with Gasteiger partial charge in [0.2, 0.25) is 0 Å². The minimum atomic E-state index is 0.687. The largest absolute Gasteiger partial charge is 0.247 e. The summed E-state index contributed by atoms with van der Waals surface area (Å²) in [6.07, 6.45) is 0. The minimum absolute atomic E-state index is 0.687. The van der Waals surface area contributed by atoms with Crippen LogP contribution in [0.1, 0.15) is 0 Å². The summed E-state index contributed by atoms with van der Waals surface area (Å²) >= 11 is 0. The maximum atomic E-state index is 5.19. The van der Waals surface area contributed by atoms with Gasteiger partial charge in [0.1, 0.15) is 0 Å². The lowest BCUT2D eigenvalue weighted by atomic mass is 9.95. The summed E-state index contributed by atoms with van der Waals surface area (Å²) in [6.45, 7) is 0. The van der Waals surface area contributed by atoms with Crippen molar-refractivity contribution in [2.45, 2.75) is 0 Å². The van der Waals surface area contributed by atoms with Crippen molar-refractivity contribution in [3.8, 4) is 56.3 Å². The fourth-order valence-corrected chi connectivity index (χ4v) is 6.66. The number of fused-ring (bicyclic) bond motifs is 5. The van der Waals surface area contributed by atoms with Crippen molar-refractivity contribution in [2.75, 3.05) is 0 Å². The van der Waals surface area contributed by atoms with Crippen LogP contribution in [0.3, 0.4) is 0 Å². The zero-order valence-corrected chi connectivity index (χ0v) is 26.1. The van der Waals surface area contributed by atoms with E-state index < -0.39 is 0 Å². The summed E-state index contributed by atoms with van der Waals surface area (Å²) in [7, 11) is 0. The number of rotatable bonds is 5. The summed E-state index contributed by atoms with van der Waals surface area (Å²) in [5, 5.41) is 6.01. The molecule has 224 valence electrons. The first kappa shape index (κ1) is 27.8. The van der Waals surface area contributed by atoms with Crippen LogP contribution in [0.5, 0.6) is 0 Å². The number of pyridine rings is 1. The third-order valence-corrected chi connectivity index (χ3v) is 9.09. The van der Waals surface area contributed by atoms with Gasteiger partial charge in [-0.2, -0.15) is 0 Å². The van der Waals surface area contributed by atoms with Crippen molar-refractivity contribution in [3.05, 3.63) is 176 Å². The molecule has 0 aliphatic rings. The zero-order chi connectivity index (χ0) is 31.9. The lowest BCUT2D eigenvalue weighted by molar-refractivity contribution is 1.18. The molecule has 0 fully saturated rings. The molecule has 0 amide bonds. The van der Waals surface area contributed by atoms with Crippen LogP contribution >= 0.6 is 0 Å². The standard InChI is InChI=1S/C45H29N3/c1-3-11-30(12-4-1)31-19-21-34(22-20-31)42-29-41(33-14-5-2-6-15-33)47-45(48-42)36-25-23-35(24-26-36)44-39-28-27-32-13-7-8-16-37(32)43(39)38-17-9-10-18-40(38)46-44/h1-29H. The summed E-state index contributed by atoms with van der Waals surface area (Å²) in [4.78, 5) is 15.4. The molecule has 0 radical (unpaired) electrons. The van der Waals surface area contributed by atoms with Crippen LogP contribution in [0.25, 0.3) is 88.7 Å². The van der Waals surface area contributed by atoms with Crippen molar-refractivity contribution >= 4 is 32.4 Å². The first-order valence-electron chi connectivity index (χ1n) is 16.2. The molecule has 9 rings (SSSR count). The fraction of sp³-hybridized carbons (Fsp3) is 0. The molecule has 0 saturated heterocycles. The molecule has 3 heteroatoms. The highest BCUT2D eigenvalue weighted by Gasteiger charge is 2.15. The molecule has 0 aliphatic carbocycles. The van der Waals surface area contributed by atoms with Gasteiger partial charge in [-0.05, 0) is 34.0 Å². The van der Waals surface area contributed by atoms with Crippen LogP contribution in [-0.4, -0.2) is 15.0 Å². The van der Waals surface area contributed by atoms with E-state index in [2.05, 4.69) is 152 Å². The lowest BCUT2D eigenvalue weighted by Crippen LogP contribution is -1.96. The highest BCUT2D eigenvalue weighted by Crippen LogP contribution is 2.37. The third-order valence-electron chi connectivity index (χ3n) is 9.09. The first-order valence-corrected chi connectivity index (χ1v) is 16.2. The van der Waals surface area contributed by atoms with Gasteiger partial charge in [-0.25, -0.2) is 15.0 Å². The topological polar surface area (TPSA) is 38.7 Å². The van der Waals surface area contributed by atoms with Crippen molar-refractivity contribution in [1.29, 1.82) is 0 Å². The van der Waals surface area contributed by atoms with E-state index in [4.69, 9.17) is 15.0 Å². The second-order valence-electron chi connectivity index (χ2n) is 12.0. The summed E-state index contributed by atoms with van der Waals surface area (Å²) in [5.41, 5.74) is 10.2. The lowest BCUT2D eigenvalue weighted by Gasteiger charge is -2.13. The molecule has 0 bridgehead atoms. The Hall–Kier alpha value is -6.45. The fourth-order valence-electron chi connectivity index (χ4n) is 6.66. The number of nitrogens with zero attached hydrogens (tertiary/aromatic N) is 3. The molecule has 0 aliphatic heterocycles. The Morgan fingerprint density at radius 1 is 0.312 bits per heavy atom. The smallest absolute Gasteiger partial charge is 0.160 e. The Kier molecular flexibility index (Phi) is 6.80.